The van der Waals surface area contributed by atoms with Gasteiger partial charge in [0.15, 0.2) is 11.6 Å². The minimum atomic E-state index is -0.547. The smallest absolute Gasteiger partial charge is 0.299 e. The van der Waals surface area contributed by atoms with Crippen LogP contribution in [0.3, 0.4) is 0 Å². The molecule has 0 fully saturated rings. The third kappa shape index (κ3) is 3.58. The predicted octanol–water partition coefficient (Wildman–Crippen LogP) is 4.26. The second-order valence-electron chi connectivity index (χ2n) is 3.98. The first-order valence-corrected chi connectivity index (χ1v) is 6.93. The summed E-state index contributed by atoms with van der Waals surface area (Å²) in [5, 5.41) is 8.74. The standard InChI is InChI=1S/C12H13ClFN3OS.ClH/c1-3-9(15)7-4-5-8(13)11(10(7)14)18-12-17-16-6(2)19-12;/h4-5,9H,3,15H2,1-2H3;1H/t9-;/m1./s1. The van der Waals surface area contributed by atoms with Crippen LogP contribution in [0.15, 0.2) is 12.1 Å². The van der Waals surface area contributed by atoms with Crippen molar-refractivity contribution in [2.24, 2.45) is 5.73 Å². The molecular weight excluding hydrogens is 324 g/mol. The highest BCUT2D eigenvalue weighted by molar-refractivity contribution is 7.13. The molecule has 8 heteroatoms. The van der Waals surface area contributed by atoms with E-state index in [1.54, 1.807) is 19.1 Å². The van der Waals surface area contributed by atoms with E-state index in [0.29, 0.717) is 12.0 Å². The molecule has 1 atom stereocenters. The number of benzene rings is 1. The maximum Gasteiger partial charge on any atom is 0.299 e. The number of aromatic nitrogens is 2. The Morgan fingerprint density at radius 2 is 2.15 bits per heavy atom. The van der Waals surface area contributed by atoms with Gasteiger partial charge >= 0.3 is 0 Å². The van der Waals surface area contributed by atoms with Gasteiger partial charge in [0, 0.05) is 11.6 Å². The quantitative estimate of drug-likeness (QED) is 0.905. The second kappa shape index (κ2) is 7.17. The summed E-state index contributed by atoms with van der Waals surface area (Å²) in [5.41, 5.74) is 6.23. The minimum Gasteiger partial charge on any atom is -0.425 e. The molecule has 1 heterocycles. The Morgan fingerprint density at radius 3 is 2.70 bits per heavy atom. The first kappa shape index (κ1) is 17.1. The van der Waals surface area contributed by atoms with Crippen LogP contribution < -0.4 is 10.5 Å². The molecule has 1 aromatic heterocycles. The molecule has 4 nitrogen and oxygen atoms in total. The van der Waals surface area contributed by atoms with E-state index in [9.17, 15) is 4.39 Å². The maximum absolute atomic E-state index is 14.3. The van der Waals surface area contributed by atoms with E-state index in [1.807, 2.05) is 6.92 Å². The molecule has 0 saturated carbocycles. The van der Waals surface area contributed by atoms with Gasteiger partial charge in [-0.25, -0.2) is 4.39 Å². The average Bonchev–Trinajstić information content (AvgIpc) is 2.79. The Kier molecular flexibility index (Phi) is 6.13. The third-order valence-corrected chi connectivity index (χ3v) is 3.63. The van der Waals surface area contributed by atoms with Gasteiger partial charge in [0.2, 0.25) is 0 Å². The van der Waals surface area contributed by atoms with Crippen LogP contribution in [0.1, 0.15) is 30.0 Å². The largest absolute Gasteiger partial charge is 0.425 e. The van der Waals surface area contributed by atoms with Gasteiger partial charge in [0.05, 0.1) is 5.02 Å². The van der Waals surface area contributed by atoms with Crippen molar-refractivity contribution in [3.05, 3.63) is 33.5 Å². The molecule has 0 radical (unpaired) electrons. The van der Waals surface area contributed by atoms with E-state index < -0.39 is 11.9 Å². The summed E-state index contributed by atoms with van der Waals surface area (Å²) < 4.78 is 19.7. The molecule has 0 amide bonds. The fraction of sp³-hybridized carbons (Fsp3) is 0.333. The van der Waals surface area contributed by atoms with Crippen molar-refractivity contribution in [1.82, 2.24) is 10.2 Å². The lowest BCUT2D eigenvalue weighted by molar-refractivity contribution is 0.428. The highest BCUT2D eigenvalue weighted by atomic mass is 35.5. The SMILES string of the molecule is CC[C@@H](N)c1ccc(Cl)c(Oc2nnc(C)s2)c1F.Cl. The molecule has 0 saturated heterocycles. The van der Waals surface area contributed by atoms with Crippen LogP contribution in [0.2, 0.25) is 5.02 Å². The fourth-order valence-corrected chi connectivity index (χ4v) is 2.28. The van der Waals surface area contributed by atoms with Crippen molar-refractivity contribution in [2.45, 2.75) is 26.3 Å². The fourth-order valence-electron chi connectivity index (χ4n) is 1.55. The van der Waals surface area contributed by atoms with Crippen molar-refractivity contribution in [3.8, 4) is 10.9 Å². The zero-order chi connectivity index (χ0) is 14.0. The number of halogens is 3. The number of nitrogens with two attached hydrogens (primary N) is 1. The molecule has 0 bridgehead atoms. The first-order valence-electron chi connectivity index (χ1n) is 5.74. The van der Waals surface area contributed by atoms with Crippen molar-refractivity contribution < 1.29 is 9.13 Å². The number of ether oxygens (including phenoxy) is 1. The molecule has 0 spiro atoms. The molecule has 20 heavy (non-hydrogen) atoms. The summed E-state index contributed by atoms with van der Waals surface area (Å²) in [7, 11) is 0. The lowest BCUT2D eigenvalue weighted by Crippen LogP contribution is -2.11. The molecule has 0 aliphatic rings. The Balaban J connectivity index is 0.00000200. The van der Waals surface area contributed by atoms with Gasteiger partial charge in [0.25, 0.3) is 5.19 Å². The van der Waals surface area contributed by atoms with Gasteiger partial charge in [-0.05, 0) is 19.4 Å². The van der Waals surface area contributed by atoms with Crippen LogP contribution in [-0.4, -0.2) is 10.2 Å². The zero-order valence-electron chi connectivity index (χ0n) is 10.9. The summed E-state index contributed by atoms with van der Waals surface area (Å²) in [6.07, 6.45) is 0.621. The van der Waals surface area contributed by atoms with Crippen molar-refractivity contribution in [3.63, 3.8) is 0 Å². The summed E-state index contributed by atoms with van der Waals surface area (Å²) in [5.74, 6) is -0.603. The van der Waals surface area contributed by atoms with E-state index in [0.717, 1.165) is 5.01 Å². The van der Waals surface area contributed by atoms with Crippen LogP contribution >= 0.6 is 35.3 Å². The molecule has 0 aliphatic heterocycles. The Bertz CT molecular complexity index is 594. The molecule has 2 rings (SSSR count). The topological polar surface area (TPSA) is 61.0 Å². The normalized spacial score (nSPS) is 11.8. The summed E-state index contributed by atoms with van der Waals surface area (Å²) >= 11 is 7.18. The van der Waals surface area contributed by atoms with Gasteiger partial charge in [-0.3, -0.25) is 0 Å². The Morgan fingerprint density at radius 1 is 1.45 bits per heavy atom. The van der Waals surface area contributed by atoms with Gasteiger partial charge in [0.1, 0.15) is 5.01 Å². The molecular formula is C12H14Cl2FN3OS. The minimum absolute atomic E-state index is 0. The number of hydrogen-bond acceptors (Lipinski definition) is 5. The lowest BCUT2D eigenvalue weighted by atomic mass is 10.0. The summed E-state index contributed by atoms with van der Waals surface area (Å²) in [6, 6.07) is 2.75. The summed E-state index contributed by atoms with van der Waals surface area (Å²) in [6.45, 7) is 3.67. The lowest BCUT2D eigenvalue weighted by Gasteiger charge is -2.13. The maximum atomic E-state index is 14.3. The Hall–Kier alpha value is -0.950. The van der Waals surface area contributed by atoms with E-state index >= 15 is 0 Å². The average molecular weight is 338 g/mol. The van der Waals surface area contributed by atoms with Gasteiger partial charge < -0.3 is 10.5 Å². The van der Waals surface area contributed by atoms with Crippen molar-refractivity contribution >= 4 is 35.3 Å². The first-order chi connectivity index (χ1) is 9.02. The van der Waals surface area contributed by atoms with Gasteiger partial charge in [-0.1, -0.05) is 41.0 Å². The van der Waals surface area contributed by atoms with Crippen LogP contribution in [-0.2, 0) is 0 Å². The molecule has 2 aromatic rings. The number of hydrogen-bond donors (Lipinski definition) is 1. The number of rotatable bonds is 4. The Labute approximate surface area is 131 Å². The molecule has 0 aliphatic carbocycles. The molecule has 2 N–H and O–H groups in total. The zero-order valence-corrected chi connectivity index (χ0v) is 13.3. The van der Waals surface area contributed by atoms with E-state index in [2.05, 4.69) is 10.2 Å². The van der Waals surface area contributed by atoms with Crippen LogP contribution in [0.5, 0.6) is 10.9 Å². The number of nitrogens with zero attached hydrogens (tertiary/aromatic N) is 2. The highest BCUT2D eigenvalue weighted by Gasteiger charge is 2.19. The van der Waals surface area contributed by atoms with Crippen LogP contribution in [0, 0.1) is 12.7 Å². The highest BCUT2D eigenvalue weighted by Crippen LogP contribution is 2.36. The summed E-state index contributed by atoms with van der Waals surface area (Å²) in [4.78, 5) is 0. The molecule has 1 aromatic carbocycles. The van der Waals surface area contributed by atoms with Gasteiger partial charge in [-0.15, -0.1) is 17.5 Å². The molecule has 110 valence electrons. The van der Waals surface area contributed by atoms with Crippen molar-refractivity contribution in [1.29, 1.82) is 0 Å². The van der Waals surface area contributed by atoms with Crippen LogP contribution in [0.4, 0.5) is 4.39 Å². The monoisotopic (exact) mass is 337 g/mol. The number of aryl methyl sites for hydroxylation is 1. The van der Waals surface area contributed by atoms with E-state index in [-0.39, 0.29) is 28.4 Å². The second-order valence-corrected chi connectivity index (χ2v) is 5.53. The van der Waals surface area contributed by atoms with Crippen LogP contribution in [0.25, 0.3) is 0 Å². The van der Waals surface area contributed by atoms with E-state index in [4.69, 9.17) is 22.1 Å². The van der Waals surface area contributed by atoms with Gasteiger partial charge in [-0.2, -0.15) is 0 Å². The third-order valence-electron chi connectivity index (χ3n) is 2.62. The predicted molar refractivity (Wildman–Crippen MR) is 80.6 cm³/mol. The van der Waals surface area contributed by atoms with Crippen molar-refractivity contribution in [2.75, 3.05) is 0 Å². The molecule has 0 unspecified atom stereocenters. The van der Waals surface area contributed by atoms with E-state index in [1.165, 1.54) is 11.3 Å².